The molecule has 0 spiro atoms. The van der Waals surface area contributed by atoms with Crippen LogP contribution in [0.2, 0.25) is 0 Å². The zero-order valence-corrected chi connectivity index (χ0v) is 19.0. The van der Waals surface area contributed by atoms with Crippen molar-refractivity contribution in [3.63, 3.8) is 0 Å². The molecule has 0 aliphatic rings. The monoisotopic (exact) mass is 455 g/mol. The Labute approximate surface area is 197 Å². The molecule has 0 fully saturated rings. The average Bonchev–Trinajstić information content (AvgIpc) is 3.22. The number of fused-ring (bicyclic) bond motifs is 1. The summed E-state index contributed by atoms with van der Waals surface area (Å²) in [6.45, 7) is 4.30. The van der Waals surface area contributed by atoms with Crippen molar-refractivity contribution in [2.24, 2.45) is 0 Å². The maximum atomic E-state index is 13.1. The van der Waals surface area contributed by atoms with E-state index in [1.165, 1.54) is 6.92 Å². The van der Waals surface area contributed by atoms with Crippen LogP contribution in [0.5, 0.6) is 0 Å². The van der Waals surface area contributed by atoms with Gasteiger partial charge in [0.25, 0.3) is 0 Å². The maximum Gasteiger partial charge on any atom is 0.332 e. The highest BCUT2D eigenvalue weighted by Gasteiger charge is 2.17. The van der Waals surface area contributed by atoms with E-state index >= 15 is 0 Å². The Morgan fingerprint density at radius 3 is 2.47 bits per heavy atom. The molecule has 0 unspecified atom stereocenters. The molecule has 0 amide bonds. The summed E-state index contributed by atoms with van der Waals surface area (Å²) in [4.78, 5) is 24.0. The van der Waals surface area contributed by atoms with Gasteiger partial charge in [0, 0.05) is 29.3 Å². The predicted octanol–water partition coefficient (Wildman–Crippen LogP) is 4.67. The molecule has 1 N–H and O–H groups in total. The van der Waals surface area contributed by atoms with Gasteiger partial charge >= 0.3 is 5.97 Å². The SMILES string of the molecule is Cc1ccc(C(=O)c2cn(C/C=C/c3ccc(CO[C@@H](C)C(=O)O)cc3)c3cnncc23)cc1. The zero-order chi connectivity index (χ0) is 24.1. The third kappa shape index (κ3) is 5.27. The molecule has 0 aliphatic carbocycles. The molecule has 0 saturated heterocycles. The summed E-state index contributed by atoms with van der Waals surface area (Å²) >= 11 is 0. The number of aromatic nitrogens is 3. The van der Waals surface area contributed by atoms with Crippen LogP contribution in [0.25, 0.3) is 17.0 Å². The molecule has 172 valence electrons. The normalized spacial score (nSPS) is 12.3. The van der Waals surface area contributed by atoms with E-state index in [-0.39, 0.29) is 12.4 Å². The first-order valence-corrected chi connectivity index (χ1v) is 10.9. The number of carbonyl (C=O) groups excluding carboxylic acids is 1. The van der Waals surface area contributed by atoms with Crippen LogP contribution >= 0.6 is 0 Å². The second kappa shape index (κ2) is 10.2. The largest absolute Gasteiger partial charge is 0.479 e. The molecule has 1 atom stereocenters. The average molecular weight is 456 g/mol. The van der Waals surface area contributed by atoms with Crippen LogP contribution in [0.3, 0.4) is 0 Å². The van der Waals surface area contributed by atoms with Crippen molar-refractivity contribution in [2.45, 2.75) is 33.1 Å². The van der Waals surface area contributed by atoms with Crippen LogP contribution in [-0.2, 0) is 22.7 Å². The fraction of sp³-hybridized carbons (Fsp3) is 0.185. The molecule has 4 rings (SSSR count). The van der Waals surface area contributed by atoms with Crippen LogP contribution in [0.4, 0.5) is 0 Å². The molecule has 0 aliphatic heterocycles. The van der Waals surface area contributed by atoms with E-state index in [0.717, 1.165) is 27.6 Å². The number of carbonyl (C=O) groups is 2. The van der Waals surface area contributed by atoms with Crippen LogP contribution in [0.15, 0.2) is 73.2 Å². The van der Waals surface area contributed by atoms with Crippen molar-refractivity contribution in [1.82, 2.24) is 14.8 Å². The molecule has 7 heteroatoms. The molecule has 0 saturated carbocycles. The smallest absolute Gasteiger partial charge is 0.332 e. The molecule has 4 aromatic rings. The predicted molar refractivity (Wildman–Crippen MR) is 130 cm³/mol. The molecule has 7 nitrogen and oxygen atoms in total. The maximum absolute atomic E-state index is 13.1. The Balaban J connectivity index is 1.48. The summed E-state index contributed by atoms with van der Waals surface area (Å²) in [5.41, 5.74) is 5.09. The fourth-order valence-corrected chi connectivity index (χ4v) is 3.56. The van der Waals surface area contributed by atoms with Gasteiger partial charge in [-0.3, -0.25) is 4.79 Å². The van der Waals surface area contributed by atoms with Crippen LogP contribution in [0.1, 0.15) is 39.5 Å². The lowest BCUT2D eigenvalue weighted by Gasteiger charge is -2.08. The van der Waals surface area contributed by atoms with Gasteiger partial charge in [-0.1, -0.05) is 66.2 Å². The number of benzene rings is 2. The van der Waals surface area contributed by atoms with Crippen molar-refractivity contribution in [3.8, 4) is 0 Å². The number of aliphatic carboxylic acids is 1. The Morgan fingerprint density at radius 2 is 1.76 bits per heavy atom. The van der Waals surface area contributed by atoms with Gasteiger partial charge in [0.05, 0.1) is 24.5 Å². The van der Waals surface area contributed by atoms with Gasteiger partial charge in [0.2, 0.25) is 0 Å². The highest BCUT2D eigenvalue weighted by molar-refractivity contribution is 6.16. The molecular weight excluding hydrogens is 430 g/mol. The Morgan fingerprint density at radius 1 is 1.06 bits per heavy atom. The number of nitrogens with zero attached hydrogens (tertiary/aromatic N) is 3. The number of aryl methyl sites for hydroxylation is 1. The number of ketones is 1. The topological polar surface area (TPSA) is 94.3 Å². The highest BCUT2D eigenvalue weighted by atomic mass is 16.5. The summed E-state index contributed by atoms with van der Waals surface area (Å²) in [5.74, 6) is -1.03. The summed E-state index contributed by atoms with van der Waals surface area (Å²) in [6.07, 6.45) is 8.31. The number of hydrogen-bond acceptors (Lipinski definition) is 5. The number of rotatable bonds is 9. The minimum absolute atomic E-state index is 0.0456. The van der Waals surface area contributed by atoms with Gasteiger partial charge in [0.1, 0.15) is 0 Å². The standard InChI is InChI=1S/C27H25N3O4/c1-18-5-11-22(12-6-18)26(31)24-16-30(25-15-29-28-14-23(24)25)13-3-4-20-7-9-21(10-8-20)17-34-19(2)27(32)33/h3-12,14-16,19H,13,17H2,1-2H3,(H,32,33)/b4-3+/t19-/m0/s1. The van der Waals surface area contributed by atoms with Crippen molar-refractivity contribution in [1.29, 1.82) is 0 Å². The third-order valence-electron chi connectivity index (χ3n) is 5.59. The van der Waals surface area contributed by atoms with Crippen molar-refractivity contribution >= 4 is 28.7 Å². The Bertz CT molecular complexity index is 1340. The van der Waals surface area contributed by atoms with Gasteiger partial charge in [-0.25, -0.2) is 4.79 Å². The number of allylic oxidation sites excluding steroid dienone is 1. The summed E-state index contributed by atoms with van der Waals surface area (Å²) < 4.78 is 7.29. The number of ether oxygens (including phenoxy) is 1. The quantitative estimate of drug-likeness (QED) is 0.369. The minimum Gasteiger partial charge on any atom is -0.479 e. The van der Waals surface area contributed by atoms with Crippen LogP contribution in [-0.4, -0.2) is 37.7 Å². The molecular formula is C27H25N3O4. The van der Waals surface area contributed by atoms with Gasteiger partial charge < -0.3 is 14.4 Å². The van der Waals surface area contributed by atoms with E-state index in [1.54, 1.807) is 12.4 Å². The summed E-state index contributed by atoms with van der Waals surface area (Å²) in [7, 11) is 0. The first kappa shape index (κ1) is 23.1. The minimum atomic E-state index is -0.980. The molecule has 2 aromatic carbocycles. The fourth-order valence-electron chi connectivity index (χ4n) is 3.56. The van der Waals surface area contributed by atoms with Crippen LogP contribution in [0, 0.1) is 6.92 Å². The van der Waals surface area contributed by atoms with Gasteiger partial charge in [-0.2, -0.15) is 10.2 Å². The number of carboxylic acid groups (broad SMARTS) is 1. The van der Waals surface area contributed by atoms with E-state index in [9.17, 15) is 9.59 Å². The number of hydrogen-bond donors (Lipinski definition) is 1. The van der Waals surface area contributed by atoms with E-state index in [0.29, 0.717) is 17.7 Å². The first-order valence-electron chi connectivity index (χ1n) is 10.9. The van der Waals surface area contributed by atoms with E-state index in [4.69, 9.17) is 9.84 Å². The molecule has 0 radical (unpaired) electrons. The second-order valence-electron chi connectivity index (χ2n) is 8.11. The first-order chi connectivity index (χ1) is 16.4. The van der Waals surface area contributed by atoms with E-state index < -0.39 is 12.1 Å². The Hall–Kier alpha value is -4.10. The third-order valence-corrected chi connectivity index (χ3v) is 5.59. The van der Waals surface area contributed by atoms with Gasteiger partial charge in [-0.05, 0) is 25.0 Å². The molecule has 0 bridgehead atoms. The highest BCUT2D eigenvalue weighted by Crippen LogP contribution is 2.23. The second-order valence-corrected chi connectivity index (χ2v) is 8.11. The van der Waals surface area contributed by atoms with Gasteiger partial charge in [0.15, 0.2) is 11.9 Å². The molecule has 34 heavy (non-hydrogen) atoms. The zero-order valence-electron chi connectivity index (χ0n) is 19.0. The van der Waals surface area contributed by atoms with Crippen molar-refractivity contribution in [2.75, 3.05) is 0 Å². The lowest BCUT2D eigenvalue weighted by molar-refractivity contribution is -0.149. The molecule has 2 heterocycles. The summed E-state index contributed by atoms with van der Waals surface area (Å²) in [6, 6.07) is 15.3. The lowest BCUT2D eigenvalue weighted by atomic mass is 10.0. The van der Waals surface area contributed by atoms with E-state index in [1.807, 2.05) is 78.4 Å². The van der Waals surface area contributed by atoms with Crippen molar-refractivity contribution < 1.29 is 19.4 Å². The van der Waals surface area contributed by atoms with Gasteiger partial charge in [-0.15, -0.1) is 0 Å². The molecule has 2 aromatic heterocycles. The van der Waals surface area contributed by atoms with E-state index in [2.05, 4.69) is 10.2 Å². The number of carboxylic acids is 1. The van der Waals surface area contributed by atoms with Crippen molar-refractivity contribution in [3.05, 3.63) is 101 Å². The lowest BCUT2D eigenvalue weighted by Crippen LogP contribution is -2.19. The van der Waals surface area contributed by atoms with Crippen LogP contribution < -0.4 is 0 Å². The Kier molecular flexibility index (Phi) is 6.94. The summed E-state index contributed by atoms with van der Waals surface area (Å²) in [5, 5.41) is 17.6.